The number of nitrogens with one attached hydrogen (secondary N) is 1. The van der Waals surface area contributed by atoms with E-state index in [-0.39, 0.29) is 46.7 Å². The minimum atomic E-state index is -5.28. The van der Waals surface area contributed by atoms with Crippen LogP contribution in [-0.4, -0.2) is 79.3 Å². The highest BCUT2D eigenvalue weighted by Crippen LogP contribution is 2.58. The molecular weight excluding hydrogens is 757 g/mol. The van der Waals surface area contributed by atoms with Gasteiger partial charge < -0.3 is 19.7 Å². The summed E-state index contributed by atoms with van der Waals surface area (Å²) >= 11 is 6.26. The number of nitrogens with zero attached hydrogens (tertiary/aromatic N) is 3. The Hall–Kier alpha value is -4.16. The van der Waals surface area contributed by atoms with E-state index in [2.05, 4.69) is 24.1 Å². The second kappa shape index (κ2) is 14.9. The Balaban J connectivity index is 1.12. The van der Waals surface area contributed by atoms with Crippen LogP contribution in [0, 0.1) is 17.3 Å². The highest BCUT2D eigenvalue weighted by Gasteiger charge is 2.61. The van der Waals surface area contributed by atoms with E-state index in [1.807, 2.05) is 35.4 Å². The lowest BCUT2D eigenvalue weighted by Crippen LogP contribution is -2.71. The number of benzene rings is 2. The van der Waals surface area contributed by atoms with Crippen LogP contribution in [0.5, 0.6) is 5.75 Å². The number of hydrogen-bond donors (Lipinski definition) is 1. The molecule has 3 aromatic rings. The van der Waals surface area contributed by atoms with Crippen LogP contribution in [-0.2, 0) is 32.6 Å². The molecule has 8 rings (SSSR count). The number of methoxy groups -OCH3 is 1. The molecule has 3 aliphatic carbocycles. The Labute approximate surface area is 336 Å². The van der Waals surface area contributed by atoms with Crippen molar-refractivity contribution in [1.29, 1.82) is 0 Å². The fraction of sp³-hybridized carbons (Fsp3) is 0.545. The molecule has 304 valence electrons. The molecule has 0 radical (unpaired) electrons. The molecule has 57 heavy (non-hydrogen) atoms. The first-order valence-corrected chi connectivity index (χ1v) is 20.6. The lowest BCUT2D eigenvalue weighted by molar-refractivity contribution is -0.174. The summed E-state index contributed by atoms with van der Waals surface area (Å²) < 4.78 is 55.1. The minimum absolute atomic E-state index is 0.0312. The van der Waals surface area contributed by atoms with E-state index in [1.165, 1.54) is 29.8 Å². The van der Waals surface area contributed by atoms with Gasteiger partial charge in [-0.3, -0.25) is 19.5 Å². The predicted octanol–water partition coefficient (Wildman–Crippen LogP) is 7.82. The second-order valence-corrected chi connectivity index (χ2v) is 17.9. The van der Waals surface area contributed by atoms with Gasteiger partial charge in [-0.15, -0.1) is 0 Å². The molecule has 1 aromatic heterocycles. The summed E-state index contributed by atoms with van der Waals surface area (Å²) in [6.07, 6.45) is 1.53. The number of fused-ring (bicyclic) bond motifs is 3. The number of hydrogen-bond acceptors (Lipinski definition) is 7. The quantitative estimate of drug-likeness (QED) is 0.220. The van der Waals surface area contributed by atoms with Crippen LogP contribution < -0.4 is 15.0 Å². The van der Waals surface area contributed by atoms with Gasteiger partial charge in [-0.2, -0.15) is 13.2 Å². The lowest BCUT2D eigenvalue weighted by atomic mass is 9.59. The maximum atomic E-state index is 14.4. The molecule has 2 spiro atoms. The number of pyridine rings is 1. The number of anilines is 1. The van der Waals surface area contributed by atoms with Crippen LogP contribution in [0.3, 0.4) is 0 Å². The van der Waals surface area contributed by atoms with Gasteiger partial charge in [-0.1, -0.05) is 37.6 Å². The molecule has 1 saturated carbocycles. The molecule has 0 bridgehead atoms. The van der Waals surface area contributed by atoms with Gasteiger partial charge in [0.1, 0.15) is 11.3 Å². The Morgan fingerprint density at radius 1 is 1.07 bits per heavy atom. The zero-order valence-electron chi connectivity index (χ0n) is 32.7. The Morgan fingerprint density at radius 2 is 1.82 bits per heavy atom. The van der Waals surface area contributed by atoms with Gasteiger partial charge in [0.05, 0.1) is 13.7 Å². The van der Waals surface area contributed by atoms with Crippen LogP contribution in [0.4, 0.5) is 18.9 Å². The maximum absolute atomic E-state index is 14.4. The van der Waals surface area contributed by atoms with Gasteiger partial charge in [0.25, 0.3) is 5.91 Å². The third kappa shape index (κ3) is 6.98. The van der Waals surface area contributed by atoms with Crippen molar-refractivity contribution in [2.75, 3.05) is 44.8 Å². The van der Waals surface area contributed by atoms with Crippen molar-refractivity contribution in [3.63, 3.8) is 0 Å². The highest BCUT2D eigenvalue weighted by molar-refractivity contribution is 6.31. The first-order valence-electron chi connectivity index (χ1n) is 20.2. The number of aromatic nitrogens is 1. The largest absolute Gasteiger partial charge is 0.493 e. The number of alkyl halides is 3. The summed E-state index contributed by atoms with van der Waals surface area (Å²) in [5.74, 6) is -1.75. The normalized spacial score (nSPS) is 26.5. The average Bonchev–Trinajstić information content (AvgIpc) is 3.44. The number of amides is 2. The fourth-order valence-corrected chi connectivity index (χ4v) is 11.0. The topological polar surface area (TPSA) is 101 Å². The van der Waals surface area contributed by atoms with E-state index in [4.69, 9.17) is 21.1 Å². The third-order valence-electron chi connectivity index (χ3n) is 13.7. The number of halogens is 4. The van der Waals surface area contributed by atoms with E-state index in [9.17, 15) is 27.6 Å². The van der Waals surface area contributed by atoms with Crippen molar-refractivity contribution >= 4 is 35.1 Å². The van der Waals surface area contributed by atoms with E-state index < -0.39 is 29.0 Å². The van der Waals surface area contributed by atoms with Crippen LogP contribution in [0.1, 0.15) is 97.5 Å². The zero-order chi connectivity index (χ0) is 40.3. The van der Waals surface area contributed by atoms with Crippen LogP contribution in [0.2, 0.25) is 5.02 Å². The van der Waals surface area contributed by atoms with Gasteiger partial charge in [-0.05, 0) is 128 Å². The molecule has 5 aliphatic rings. The van der Waals surface area contributed by atoms with Crippen molar-refractivity contribution < 1.29 is 37.0 Å². The molecule has 3 fully saturated rings. The smallest absolute Gasteiger partial charge is 0.471 e. The Kier molecular flexibility index (Phi) is 10.4. The first-order chi connectivity index (χ1) is 27.2. The molecule has 2 amide bonds. The number of aryl methyl sites for hydroxylation is 1. The number of esters is 1. The Morgan fingerprint density at radius 3 is 2.49 bits per heavy atom. The SMILES string of the molecule is COC(=O)C1(N(C(=O)C(F)(F)F)c2cccc(Cl)c2)CCC2(CC1)c1cc(C(=O)N3CC4(CNC4)C3)ccc1C[C@@H]2C[C@@H](C)COc1ccnc2c1[C@H](C)CCC2. The predicted molar refractivity (Wildman–Crippen MR) is 210 cm³/mol. The summed E-state index contributed by atoms with van der Waals surface area (Å²) in [5, 5.41) is 3.43. The summed E-state index contributed by atoms with van der Waals surface area (Å²) in [4.78, 5) is 48.3. The van der Waals surface area contributed by atoms with E-state index in [0.717, 1.165) is 68.5 Å². The van der Waals surface area contributed by atoms with Crippen LogP contribution in [0.25, 0.3) is 0 Å². The summed E-state index contributed by atoms with van der Waals surface area (Å²) in [6, 6.07) is 13.5. The van der Waals surface area contributed by atoms with Crippen molar-refractivity contribution in [2.45, 2.75) is 94.7 Å². The van der Waals surface area contributed by atoms with E-state index >= 15 is 0 Å². The van der Waals surface area contributed by atoms with Gasteiger partial charge >= 0.3 is 18.1 Å². The van der Waals surface area contributed by atoms with Gasteiger partial charge in [0.2, 0.25) is 0 Å². The molecule has 13 heteroatoms. The lowest BCUT2D eigenvalue weighted by Gasteiger charge is -2.56. The maximum Gasteiger partial charge on any atom is 0.471 e. The van der Waals surface area contributed by atoms with Crippen molar-refractivity contribution in [2.24, 2.45) is 17.3 Å². The molecule has 2 aromatic carbocycles. The molecule has 3 heterocycles. The van der Waals surface area contributed by atoms with E-state index in [1.54, 1.807) is 0 Å². The standard InChI is InChI=1S/C44H50ClF3N4O5/c1-27(22-57-36-12-17-50-35-9-4-6-28(2)37(35)36)18-31-19-29-10-11-30(38(53)51-25-41(26-51)23-49-24-41)20-34(29)42(31)13-15-43(16-14-42,40(55)56-3)52(39(54)44(46,47)48)33-8-5-7-32(45)21-33/h5,7-8,10-12,17,20-21,27-28,31,49H,4,6,9,13-16,18-19,22-26H2,1-3H3/t27-,28-,31+,42?,43?/m1/s1. The Bertz CT molecular complexity index is 2060. The second-order valence-electron chi connectivity index (χ2n) is 17.4. The molecule has 9 nitrogen and oxygen atoms in total. The van der Waals surface area contributed by atoms with E-state index in [0.29, 0.717) is 55.3 Å². The summed E-state index contributed by atoms with van der Waals surface area (Å²) in [5.41, 5.74) is 2.45. The molecular formula is C44H50ClF3N4O5. The van der Waals surface area contributed by atoms with Crippen LogP contribution in [0.15, 0.2) is 54.7 Å². The molecule has 2 saturated heterocycles. The number of likely N-dealkylation sites (tertiary alicyclic amines) is 1. The summed E-state index contributed by atoms with van der Waals surface area (Å²) in [6.45, 7) is 8.05. The minimum Gasteiger partial charge on any atom is -0.493 e. The van der Waals surface area contributed by atoms with Gasteiger partial charge in [-0.25, -0.2) is 4.79 Å². The number of carbonyl (C=O) groups excluding carboxylic acids is 3. The van der Waals surface area contributed by atoms with Gasteiger partial charge in [0, 0.05) is 65.3 Å². The van der Waals surface area contributed by atoms with Crippen molar-refractivity contribution in [1.82, 2.24) is 15.2 Å². The molecule has 2 aliphatic heterocycles. The molecule has 3 atom stereocenters. The zero-order valence-corrected chi connectivity index (χ0v) is 33.5. The number of carbonyl (C=O) groups is 3. The summed E-state index contributed by atoms with van der Waals surface area (Å²) in [7, 11) is 1.14. The van der Waals surface area contributed by atoms with Crippen LogP contribution >= 0.6 is 11.6 Å². The first kappa shape index (κ1) is 39.7. The molecule has 0 unspecified atom stereocenters. The van der Waals surface area contributed by atoms with Gasteiger partial charge in [0.15, 0.2) is 0 Å². The highest BCUT2D eigenvalue weighted by atomic mass is 35.5. The fourth-order valence-electron chi connectivity index (χ4n) is 10.8. The molecule has 1 N–H and O–H groups in total. The van der Waals surface area contributed by atoms with Crippen molar-refractivity contribution in [3.8, 4) is 5.75 Å². The number of ether oxygens (including phenoxy) is 2. The van der Waals surface area contributed by atoms with Crippen molar-refractivity contribution in [3.05, 3.63) is 87.7 Å². The average molecular weight is 807 g/mol. The monoisotopic (exact) mass is 806 g/mol. The number of rotatable bonds is 9. The third-order valence-corrected chi connectivity index (χ3v) is 14.0.